The number of amides is 1. The summed E-state index contributed by atoms with van der Waals surface area (Å²) in [5.41, 5.74) is 0. The molecule has 2 atom stereocenters. The van der Waals surface area contributed by atoms with Gasteiger partial charge in [0.2, 0.25) is 5.91 Å². The van der Waals surface area contributed by atoms with Crippen molar-refractivity contribution in [3.05, 3.63) is 12.2 Å². The van der Waals surface area contributed by atoms with Gasteiger partial charge in [0.15, 0.2) is 6.17 Å². The van der Waals surface area contributed by atoms with Crippen LogP contribution in [-0.2, 0) is 4.79 Å². The first-order chi connectivity index (χ1) is 13.1. The van der Waals surface area contributed by atoms with Crippen molar-refractivity contribution >= 4 is 12.1 Å². The molecule has 0 saturated heterocycles. The van der Waals surface area contributed by atoms with Crippen LogP contribution in [0, 0.1) is 0 Å². The van der Waals surface area contributed by atoms with E-state index < -0.39 is 0 Å². The molecule has 4 heteroatoms. The normalized spacial score (nSPS) is 22.0. The molecule has 156 valence electrons. The molecule has 0 bridgehead atoms. The number of nitrogens with one attached hydrogen (secondary N) is 1. The summed E-state index contributed by atoms with van der Waals surface area (Å²) < 4.78 is 1.02. The van der Waals surface area contributed by atoms with Crippen molar-refractivity contribution < 1.29 is 9.28 Å². The lowest BCUT2D eigenvalue weighted by Crippen LogP contribution is -2.55. The van der Waals surface area contributed by atoms with Gasteiger partial charge in [0.25, 0.3) is 0 Å². The summed E-state index contributed by atoms with van der Waals surface area (Å²) in [6.07, 6.45) is 21.7. The van der Waals surface area contributed by atoms with E-state index in [4.69, 9.17) is 4.99 Å². The summed E-state index contributed by atoms with van der Waals surface area (Å²) >= 11 is 0. The lowest BCUT2D eigenvalue weighted by molar-refractivity contribution is -0.935. The minimum atomic E-state index is 0.0683. The minimum absolute atomic E-state index is 0.0683. The lowest BCUT2D eigenvalue weighted by atomic mass is 10.0. The smallest absolute Gasteiger partial charge is 0.217 e. The van der Waals surface area contributed by atoms with Crippen molar-refractivity contribution in [3.63, 3.8) is 0 Å². The second kappa shape index (κ2) is 14.8. The van der Waals surface area contributed by atoms with E-state index in [-0.39, 0.29) is 5.91 Å². The second-order valence-electron chi connectivity index (χ2n) is 8.06. The predicted octanol–water partition coefficient (Wildman–Crippen LogP) is 5.24. The SMILES string of the molecule is C/C=C/CCCCCCCCCCCC1N=CC[N+]1(CC)CCNC(C)=O. The van der Waals surface area contributed by atoms with E-state index in [1.807, 2.05) is 0 Å². The zero-order chi connectivity index (χ0) is 19.8. The van der Waals surface area contributed by atoms with Crippen LogP contribution >= 0.6 is 0 Å². The molecule has 4 nitrogen and oxygen atoms in total. The number of carbonyl (C=O) groups is 1. The molecule has 1 amide bonds. The average molecular weight is 379 g/mol. The second-order valence-corrected chi connectivity index (χ2v) is 8.06. The molecule has 27 heavy (non-hydrogen) atoms. The Balaban J connectivity index is 2.07. The fraction of sp³-hybridized carbons (Fsp3) is 0.826. The van der Waals surface area contributed by atoms with E-state index >= 15 is 0 Å². The van der Waals surface area contributed by atoms with Crippen LogP contribution in [-0.4, -0.2) is 48.9 Å². The van der Waals surface area contributed by atoms with Crippen LogP contribution in [0.25, 0.3) is 0 Å². The maximum atomic E-state index is 11.1. The zero-order valence-electron chi connectivity index (χ0n) is 18.2. The van der Waals surface area contributed by atoms with E-state index in [0.717, 1.165) is 30.7 Å². The first-order valence-corrected chi connectivity index (χ1v) is 11.4. The Kier molecular flexibility index (Phi) is 13.1. The maximum Gasteiger partial charge on any atom is 0.217 e. The molecule has 1 N–H and O–H groups in total. The Labute approximate surface area is 168 Å². The van der Waals surface area contributed by atoms with Crippen molar-refractivity contribution in [1.82, 2.24) is 5.32 Å². The number of quaternary nitrogens is 1. The molecule has 1 aliphatic heterocycles. The van der Waals surface area contributed by atoms with Crippen LogP contribution in [0.2, 0.25) is 0 Å². The predicted molar refractivity (Wildman–Crippen MR) is 117 cm³/mol. The number of likely N-dealkylation sites (N-methyl/N-ethyl adjacent to an activating group) is 1. The average Bonchev–Trinajstić information content (AvgIpc) is 3.05. The number of allylic oxidation sites excluding steroid dienone is 2. The summed E-state index contributed by atoms with van der Waals surface area (Å²) in [6.45, 7) is 9.83. The number of nitrogens with zero attached hydrogens (tertiary/aromatic N) is 2. The first kappa shape index (κ1) is 23.9. The van der Waals surface area contributed by atoms with E-state index in [2.05, 4.69) is 37.5 Å². The molecule has 0 aromatic carbocycles. The summed E-state index contributed by atoms with van der Waals surface area (Å²) in [7, 11) is 0. The highest BCUT2D eigenvalue weighted by Gasteiger charge is 2.37. The molecule has 0 radical (unpaired) electrons. The number of hydrogen-bond acceptors (Lipinski definition) is 2. The highest BCUT2D eigenvalue weighted by atomic mass is 16.1. The van der Waals surface area contributed by atoms with E-state index in [1.54, 1.807) is 6.92 Å². The third-order valence-electron chi connectivity index (χ3n) is 5.98. The van der Waals surface area contributed by atoms with Gasteiger partial charge in [-0.05, 0) is 33.1 Å². The molecule has 0 spiro atoms. The highest BCUT2D eigenvalue weighted by Crippen LogP contribution is 2.24. The van der Waals surface area contributed by atoms with Gasteiger partial charge >= 0.3 is 0 Å². The van der Waals surface area contributed by atoms with E-state index in [1.165, 1.54) is 70.6 Å². The lowest BCUT2D eigenvalue weighted by Gasteiger charge is -2.38. The van der Waals surface area contributed by atoms with Crippen LogP contribution in [0.15, 0.2) is 17.1 Å². The fourth-order valence-corrected chi connectivity index (χ4v) is 4.13. The third kappa shape index (κ3) is 10.1. The molecule has 1 rings (SSSR count). The molecule has 0 aromatic heterocycles. The standard InChI is InChI=1S/C23H43N3O/c1-4-6-7-8-9-10-11-12-13-14-15-16-17-23-25-19-21-26(23,5-2)20-18-24-22(3)27/h4,6,19,23H,5,7-18,20-21H2,1-3H3/p+1/b6-4+. The molecule has 0 saturated carbocycles. The topological polar surface area (TPSA) is 41.5 Å². The number of aliphatic imine (C=N–C) groups is 1. The molecule has 0 aromatic rings. The Bertz CT molecular complexity index is 447. The molecular formula is C23H44N3O+. The van der Waals surface area contributed by atoms with Gasteiger partial charge < -0.3 is 5.32 Å². The minimum Gasteiger partial charge on any atom is -0.351 e. The molecule has 0 fully saturated rings. The van der Waals surface area contributed by atoms with Crippen molar-refractivity contribution in [2.75, 3.05) is 26.2 Å². The monoisotopic (exact) mass is 378 g/mol. The Hall–Kier alpha value is -1.16. The molecule has 1 heterocycles. The van der Waals surface area contributed by atoms with E-state index in [9.17, 15) is 4.79 Å². The van der Waals surface area contributed by atoms with Crippen molar-refractivity contribution in [2.45, 2.75) is 97.6 Å². The van der Waals surface area contributed by atoms with Crippen molar-refractivity contribution in [3.8, 4) is 0 Å². The fourth-order valence-electron chi connectivity index (χ4n) is 4.13. The van der Waals surface area contributed by atoms with Gasteiger partial charge in [-0.3, -0.25) is 9.28 Å². The Morgan fingerprint density at radius 2 is 1.74 bits per heavy atom. The van der Waals surface area contributed by atoms with Gasteiger partial charge in [0.1, 0.15) is 6.54 Å². The number of unbranched alkanes of at least 4 members (excludes halogenated alkanes) is 9. The largest absolute Gasteiger partial charge is 0.351 e. The molecule has 1 aliphatic rings. The zero-order valence-corrected chi connectivity index (χ0v) is 18.2. The number of carbonyl (C=O) groups excluding carboxylic acids is 1. The van der Waals surface area contributed by atoms with E-state index in [0.29, 0.717) is 6.17 Å². The van der Waals surface area contributed by atoms with Gasteiger partial charge in [-0.15, -0.1) is 0 Å². The van der Waals surface area contributed by atoms with Gasteiger partial charge in [-0.1, -0.05) is 57.1 Å². The summed E-state index contributed by atoms with van der Waals surface area (Å²) in [5.74, 6) is 0.0683. The maximum absolute atomic E-state index is 11.1. The molecular weight excluding hydrogens is 334 g/mol. The molecule has 2 unspecified atom stereocenters. The molecule has 0 aliphatic carbocycles. The van der Waals surface area contributed by atoms with Gasteiger partial charge in [-0.2, -0.15) is 0 Å². The summed E-state index contributed by atoms with van der Waals surface area (Å²) in [4.78, 5) is 15.9. The quantitative estimate of drug-likeness (QED) is 0.223. The van der Waals surface area contributed by atoms with Crippen LogP contribution in [0.4, 0.5) is 0 Å². The third-order valence-corrected chi connectivity index (χ3v) is 5.98. The van der Waals surface area contributed by atoms with Crippen LogP contribution in [0.3, 0.4) is 0 Å². The summed E-state index contributed by atoms with van der Waals surface area (Å²) in [5, 5.41) is 2.95. The Morgan fingerprint density at radius 1 is 1.11 bits per heavy atom. The van der Waals surface area contributed by atoms with Gasteiger partial charge in [0.05, 0.1) is 25.8 Å². The van der Waals surface area contributed by atoms with Crippen LogP contribution in [0.1, 0.15) is 91.4 Å². The number of hydrogen-bond donors (Lipinski definition) is 1. The first-order valence-electron chi connectivity index (χ1n) is 11.4. The summed E-state index contributed by atoms with van der Waals surface area (Å²) in [6, 6.07) is 0. The van der Waals surface area contributed by atoms with Crippen LogP contribution < -0.4 is 5.32 Å². The highest BCUT2D eigenvalue weighted by molar-refractivity contribution is 5.72. The van der Waals surface area contributed by atoms with Crippen molar-refractivity contribution in [2.24, 2.45) is 4.99 Å². The Morgan fingerprint density at radius 3 is 2.33 bits per heavy atom. The van der Waals surface area contributed by atoms with Crippen LogP contribution in [0.5, 0.6) is 0 Å². The van der Waals surface area contributed by atoms with Crippen molar-refractivity contribution in [1.29, 1.82) is 0 Å². The van der Waals surface area contributed by atoms with Gasteiger partial charge in [0, 0.05) is 13.3 Å². The van der Waals surface area contributed by atoms with Gasteiger partial charge in [-0.25, -0.2) is 4.99 Å². The number of rotatable bonds is 16.